The minimum atomic E-state index is -0.425. The summed E-state index contributed by atoms with van der Waals surface area (Å²) in [5.74, 6) is -0.585. The Hall–Kier alpha value is -2.71. The maximum absolute atomic E-state index is 12.0. The summed E-state index contributed by atoms with van der Waals surface area (Å²) in [6.07, 6.45) is 0. The number of aromatic hydroxyl groups is 1. The fraction of sp³-hybridized carbons (Fsp3) is 0. The van der Waals surface area contributed by atoms with Crippen LogP contribution in [0.15, 0.2) is 36.4 Å². The smallest absolute Gasteiger partial charge is 0.255 e. The number of benzene rings is 2. The van der Waals surface area contributed by atoms with Crippen LogP contribution < -0.4 is 11.1 Å². The summed E-state index contributed by atoms with van der Waals surface area (Å²) in [4.78, 5) is 12.0. The zero-order chi connectivity index (χ0) is 14.7. The lowest BCUT2D eigenvalue weighted by Gasteiger charge is -2.07. The summed E-state index contributed by atoms with van der Waals surface area (Å²) in [5, 5.41) is 21.3. The maximum Gasteiger partial charge on any atom is 0.255 e. The van der Waals surface area contributed by atoms with E-state index in [0.29, 0.717) is 10.7 Å². The second-order valence-electron chi connectivity index (χ2n) is 4.03. The van der Waals surface area contributed by atoms with Crippen LogP contribution in [0.4, 0.5) is 11.4 Å². The van der Waals surface area contributed by atoms with Gasteiger partial charge in [-0.1, -0.05) is 11.6 Å². The number of carbonyl (C=O) groups is 1. The Morgan fingerprint density at radius 3 is 2.70 bits per heavy atom. The Bertz CT molecular complexity index is 723. The van der Waals surface area contributed by atoms with Crippen LogP contribution >= 0.6 is 11.6 Å². The van der Waals surface area contributed by atoms with E-state index in [-0.39, 0.29) is 22.6 Å². The van der Waals surface area contributed by atoms with E-state index in [9.17, 15) is 9.90 Å². The molecule has 5 nitrogen and oxygen atoms in total. The molecule has 0 aromatic heterocycles. The molecule has 2 aromatic carbocycles. The Labute approximate surface area is 120 Å². The molecule has 0 atom stereocenters. The average Bonchev–Trinajstić information content (AvgIpc) is 2.43. The van der Waals surface area contributed by atoms with E-state index in [4.69, 9.17) is 22.6 Å². The molecule has 100 valence electrons. The highest BCUT2D eigenvalue weighted by Gasteiger charge is 2.09. The molecule has 0 fully saturated rings. The van der Waals surface area contributed by atoms with Gasteiger partial charge in [0.15, 0.2) is 0 Å². The van der Waals surface area contributed by atoms with Crippen molar-refractivity contribution in [1.82, 2.24) is 0 Å². The second-order valence-corrected chi connectivity index (χ2v) is 4.44. The molecule has 0 aliphatic heterocycles. The fourth-order valence-corrected chi connectivity index (χ4v) is 1.74. The number of phenolic OH excluding ortho intramolecular Hbond substituents is 1. The van der Waals surface area contributed by atoms with Crippen molar-refractivity contribution in [3.63, 3.8) is 0 Å². The molecule has 20 heavy (non-hydrogen) atoms. The second kappa shape index (κ2) is 5.51. The van der Waals surface area contributed by atoms with Gasteiger partial charge in [0, 0.05) is 11.3 Å². The number of rotatable bonds is 2. The van der Waals surface area contributed by atoms with Crippen LogP contribution in [-0.2, 0) is 0 Å². The molecule has 0 aliphatic rings. The molecular weight excluding hydrogens is 278 g/mol. The quantitative estimate of drug-likeness (QED) is 0.584. The number of nitrogens with one attached hydrogen (secondary N) is 1. The number of halogens is 1. The summed E-state index contributed by atoms with van der Waals surface area (Å²) in [6, 6.07) is 10.7. The Morgan fingerprint density at radius 2 is 2.05 bits per heavy atom. The zero-order valence-electron chi connectivity index (χ0n) is 10.2. The van der Waals surface area contributed by atoms with E-state index >= 15 is 0 Å². The molecular formula is C14H10ClN3O2. The number of anilines is 2. The molecule has 4 N–H and O–H groups in total. The Morgan fingerprint density at radius 1 is 1.30 bits per heavy atom. The van der Waals surface area contributed by atoms with Crippen LogP contribution in [0.2, 0.25) is 5.02 Å². The number of carbonyl (C=O) groups excluding carboxylic acids is 1. The predicted molar refractivity (Wildman–Crippen MR) is 76.6 cm³/mol. The van der Waals surface area contributed by atoms with Crippen LogP contribution in [0.3, 0.4) is 0 Å². The number of nitrogens with zero attached hydrogens (tertiary/aromatic N) is 1. The van der Waals surface area contributed by atoms with Crippen LogP contribution in [0.25, 0.3) is 0 Å². The third-order valence-corrected chi connectivity index (χ3v) is 2.97. The van der Waals surface area contributed by atoms with E-state index in [0.717, 1.165) is 0 Å². The first-order chi connectivity index (χ1) is 9.51. The lowest BCUT2D eigenvalue weighted by Crippen LogP contribution is -2.12. The van der Waals surface area contributed by atoms with E-state index in [1.165, 1.54) is 30.3 Å². The molecule has 2 aromatic rings. The van der Waals surface area contributed by atoms with Gasteiger partial charge in [-0.25, -0.2) is 0 Å². The lowest BCUT2D eigenvalue weighted by atomic mass is 10.1. The summed E-state index contributed by atoms with van der Waals surface area (Å²) in [6.45, 7) is 0. The normalized spacial score (nSPS) is 9.80. The summed E-state index contributed by atoms with van der Waals surface area (Å²) < 4.78 is 0. The average molecular weight is 288 g/mol. The first kappa shape index (κ1) is 13.7. The molecule has 6 heteroatoms. The van der Waals surface area contributed by atoms with Crippen molar-refractivity contribution in [3.8, 4) is 11.8 Å². The molecule has 0 spiro atoms. The first-order valence-electron chi connectivity index (χ1n) is 5.61. The number of nitriles is 1. The summed E-state index contributed by atoms with van der Waals surface area (Å²) in [5.41, 5.74) is 6.62. The summed E-state index contributed by atoms with van der Waals surface area (Å²) >= 11 is 5.81. The minimum Gasteiger partial charge on any atom is -0.506 e. The van der Waals surface area contributed by atoms with Crippen LogP contribution in [0.1, 0.15) is 15.9 Å². The molecule has 1 amide bonds. The Kier molecular flexibility index (Phi) is 3.78. The monoisotopic (exact) mass is 287 g/mol. The molecule has 0 radical (unpaired) electrons. The van der Waals surface area contributed by atoms with Crippen LogP contribution in [0, 0.1) is 11.3 Å². The lowest BCUT2D eigenvalue weighted by molar-refractivity contribution is 0.102. The van der Waals surface area contributed by atoms with E-state index in [2.05, 4.69) is 5.32 Å². The van der Waals surface area contributed by atoms with Gasteiger partial charge in [0.1, 0.15) is 11.8 Å². The molecule has 2 rings (SSSR count). The van der Waals surface area contributed by atoms with Gasteiger partial charge in [-0.3, -0.25) is 4.79 Å². The highest BCUT2D eigenvalue weighted by Crippen LogP contribution is 2.23. The van der Waals surface area contributed by atoms with Gasteiger partial charge in [0.05, 0.1) is 16.3 Å². The predicted octanol–water partition coefficient (Wildman–Crippen LogP) is 2.75. The molecule has 0 saturated carbocycles. The number of hydrogen-bond acceptors (Lipinski definition) is 4. The molecule has 0 heterocycles. The van der Waals surface area contributed by atoms with Gasteiger partial charge >= 0.3 is 0 Å². The standard InChI is InChI=1S/C14H10ClN3O2/c15-11-3-2-10(5-9(11)7-16)18-14(20)8-1-4-12(17)13(19)6-8/h1-6,19H,17H2,(H,18,20). The topological polar surface area (TPSA) is 99.1 Å². The van der Waals surface area contributed by atoms with Gasteiger partial charge in [0.25, 0.3) is 5.91 Å². The van der Waals surface area contributed by atoms with Crippen molar-refractivity contribution in [2.75, 3.05) is 11.1 Å². The molecule has 0 bridgehead atoms. The fourth-order valence-electron chi connectivity index (χ4n) is 1.58. The number of amides is 1. The zero-order valence-corrected chi connectivity index (χ0v) is 11.0. The van der Waals surface area contributed by atoms with Crippen LogP contribution in [0.5, 0.6) is 5.75 Å². The molecule has 0 aliphatic carbocycles. The van der Waals surface area contributed by atoms with Gasteiger partial charge < -0.3 is 16.2 Å². The number of hydrogen-bond donors (Lipinski definition) is 3. The maximum atomic E-state index is 12.0. The van der Waals surface area contributed by atoms with Crippen molar-refractivity contribution in [2.45, 2.75) is 0 Å². The highest BCUT2D eigenvalue weighted by molar-refractivity contribution is 6.31. The van der Waals surface area contributed by atoms with Crippen molar-refractivity contribution in [1.29, 1.82) is 5.26 Å². The van der Waals surface area contributed by atoms with Crippen molar-refractivity contribution >= 4 is 28.9 Å². The van der Waals surface area contributed by atoms with E-state index < -0.39 is 5.91 Å². The number of nitrogen functional groups attached to an aromatic ring is 1. The number of nitrogens with two attached hydrogens (primary N) is 1. The SMILES string of the molecule is N#Cc1cc(NC(=O)c2ccc(N)c(O)c2)ccc1Cl. The van der Waals surface area contributed by atoms with Crippen molar-refractivity contribution < 1.29 is 9.90 Å². The van der Waals surface area contributed by atoms with Crippen molar-refractivity contribution in [3.05, 3.63) is 52.5 Å². The van der Waals surface area contributed by atoms with Gasteiger partial charge in [-0.15, -0.1) is 0 Å². The minimum absolute atomic E-state index is 0.161. The summed E-state index contributed by atoms with van der Waals surface area (Å²) in [7, 11) is 0. The molecule has 0 saturated heterocycles. The third kappa shape index (κ3) is 2.82. The van der Waals surface area contributed by atoms with E-state index in [1.54, 1.807) is 6.07 Å². The third-order valence-electron chi connectivity index (χ3n) is 2.64. The largest absolute Gasteiger partial charge is 0.506 e. The molecule has 0 unspecified atom stereocenters. The van der Waals surface area contributed by atoms with Crippen molar-refractivity contribution in [2.24, 2.45) is 0 Å². The van der Waals surface area contributed by atoms with Crippen LogP contribution in [-0.4, -0.2) is 11.0 Å². The highest BCUT2D eigenvalue weighted by atomic mass is 35.5. The number of phenols is 1. The Balaban J connectivity index is 2.23. The van der Waals surface area contributed by atoms with Gasteiger partial charge in [-0.2, -0.15) is 5.26 Å². The van der Waals surface area contributed by atoms with Gasteiger partial charge in [0.2, 0.25) is 0 Å². The first-order valence-corrected chi connectivity index (χ1v) is 5.98. The van der Waals surface area contributed by atoms with Gasteiger partial charge in [-0.05, 0) is 36.4 Å². The van der Waals surface area contributed by atoms with E-state index in [1.807, 2.05) is 6.07 Å².